The van der Waals surface area contributed by atoms with Crippen molar-refractivity contribution in [2.75, 3.05) is 0 Å². The molecule has 16 atom stereocenters. The van der Waals surface area contributed by atoms with Crippen molar-refractivity contribution in [3.8, 4) is 0 Å². The Kier molecular flexibility index (Phi) is 16.3. The molecule has 78 heavy (non-hydrogen) atoms. The van der Waals surface area contributed by atoms with Gasteiger partial charge in [0.15, 0.2) is 0 Å². The first-order valence-electron chi connectivity index (χ1n) is 34.7. The van der Waals surface area contributed by atoms with Gasteiger partial charge in [-0.15, -0.1) is 0 Å². The summed E-state index contributed by atoms with van der Waals surface area (Å²) in [7, 11) is 0. The molecule has 3 heteroatoms. The van der Waals surface area contributed by atoms with E-state index in [9.17, 15) is 0 Å². The number of hydrogen-bond donors (Lipinski definition) is 0. The summed E-state index contributed by atoms with van der Waals surface area (Å²) < 4.78 is 6.95. The molecule has 0 radical (unpaired) electrons. The predicted octanol–water partition coefficient (Wildman–Crippen LogP) is 19.9. The van der Waals surface area contributed by atoms with Gasteiger partial charge < -0.3 is 14.5 Å². The molecule has 428 valence electrons. The van der Waals surface area contributed by atoms with Crippen molar-refractivity contribution in [2.45, 2.75) is 289 Å². The Bertz CT molecular complexity index is 2350. The Morgan fingerprint density at radius 3 is 2.23 bits per heavy atom. The molecule has 0 aromatic carbocycles. The highest BCUT2D eigenvalue weighted by Gasteiger charge is 2.64. The lowest BCUT2D eigenvalue weighted by Crippen LogP contribution is -2.51. The van der Waals surface area contributed by atoms with Crippen LogP contribution in [-0.2, 0) is 4.74 Å². The van der Waals surface area contributed by atoms with Gasteiger partial charge in [-0.25, -0.2) is 0 Å². The van der Waals surface area contributed by atoms with E-state index in [4.69, 9.17) is 4.74 Å². The van der Waals surface area contributed by atoms with Crippen molar-refractivity contribution in [2.24, 2.45) is 81.8 Å². The van der Waals surface area contributed by atoms with Gasteiger partial charge in [-0.05, 0) is 261 Å². The summed E-state index contributed by atoms with van der Waals surface area (Å²) in [5, 5.41) is 0. The summed E-state index contributed by atoms with van der Waals surface area (Å²) in [5.41, 5.74) is 11.4. The largest absolute Gasteiger partial charge is 0.370 e. The molecule has 13 aliphatic rings. The molecule has 3 nitrogen and oxygen atoms in total. The van der Waals surface area contributed by atoms with Gasteiger partial charge in [-0.3, -0.25) is 0 Å². The molecule has 16 unspecified atom stereocenters. The lowest BCUT2D eigenvalue weighted by molar-refractivity contribution is 0.00274. The monoisotopic (exact) mass is 1060 g/mol. The summed E-state index contributed by atoms with van der Waals surface area (Å²) in [6.07, 6.45) is 71.3. The van der Waals surface area contributed by atoms with Crippen LogP contribution in [0.1, 0.15) is 253 Å². The summed E-state index contributed by atoms with van der Waals surface area (Å²) in [6.45, 7) is 16.7. The Labute approximate surface area is 478 Å². The number of ether oxygens (including phenoxy) is 1. The minimum atomic E-state index is 0.213. The molecule has 0 spiro atoms. The van der Waals surface area contributed by atoms with Gasteiger partial charge in [0.2, 0.25) is 0 Å². The second-order valence-electron chi connectivity index (χ2n) is 31.1. The normalized spacial score (nSPS) is 43.3. The Morgan fingerprint density at radius 1 is 0.667 bits per heavy atom. The molecule has 0 aromatic heterocycles. The summed E-state index contributed by atoms with van der Waals surface area (Å²) in [6, 6.07) is 3.04. The van der Waals surface area contributed by atoms with Crippen LogP contribution >= 0.6 is 0 Å². The van der Waals surface area contributed by atoms with E-state index in [1.54, 1.807) is 5.57 Å². The Hall–Kier alpha value is -2.52. The SMILES string of the molecule is C=CC1=CCC(OC2C=CC(C3(C4CCCCC4)C4C=CCCC4C4CCC(N(C5=CCC(C6CCC7=C(C6)C6CCCCC6N7C6CC(C)CCC6C)CC5)C5CCC(C6=CCC(C(C)(C)C)CC6)CC5)CC43)=CC2)CC1. The maximum absolute atomic E-state index is 6.95. The van der Waals surface area contributed by atoms with Crippen molar-refractivity contribution in [3.63, 3.8) is 0 Å². The van der Waals surface area contributed by atoms with Crippen molar-refractivity contribution in [1.82, 2.24) is 9.80 Å². The average Bonchev–Trinajstić information content (AvgIpc) is 4.20. The first-order chi connectivity index (χ1) is 38.0. The van der Waals surface area contributed by atoms with Crippen LogP contribution in [0.3, 0.4) is 0 Å². The van der Waals surface area contributed by atoms with E-state index < -0.39 is 0 Å². The molecule has 0 saturated heterocycles. The Balaban J connectivity index is 0.780. The van der Waals surface area contributed by atoms with Crippen LogP contribution in [0.5, 0.6) is 0 Å². The number of fused-ring (bicyclic) bond motifs is 5. The molecule has 0 amide bonds. The third-order valence-corrected chi connectivity index (χ3v) is 26.3. The van der Waals surface area contributed by atoms with Crippen LogP contribution in [0.2, 0.25) is 0 Å². The smallest absolute Gasteiger partial charge is 0.0797 e. The molecule has 0 N–H and O–H groups in total. The van der Waals surface area contributed by atoms with Gasteiger partial charge in [0.25, 0.3) is 0 Å². The van der Waals surface area contributed by atoms with Gasteiger partial charge >= 0.3 is 0 Å². The molecule has 6 saturated carbocycles. The van der Waals surface area contributed by atoms with E-state index >= 15 is 0 Å². The summed E-state index contributed by atoms with van der Waals surface area (Å²) >= 11 is 0. The average molecular weight is 1060 g/mol. The fourth-order valence-corrected chi connectivity index (χ4v) is 22.2. The maximum atomic E-state index is 6.95. The van der Waals surface area contributed by atoms with E-state index in [1.807, 2.05) is 22.5 Å². The molecular weight excluding hydrogens is 945 g/mol. The topological polar surface area (TPSA) is 15.7 Å². The summed E-state index contributed by atoms with van der Waals surface area (Å²) in [4.78, 5) is 6.47. The maximum Gasteiger partial charge on any atom is 0.0797 e. The third-order valence-electron chi connectivity index (χ3n) is 26.3. The molecule has 0 bridgehead atoms. The highest BCUT2D eigenvalue weighted by Crippen LogP contribution is 2.70. The van der Waals surface area contributed by atoms with Gasteiger partial charge in [0.05, 0.1) is 12.2 Å². The minimum Gasteiger partial charge on any atom is -0.370 e. The van der Waals surface area contributed by atoms with Crippen LogP contribution in [0.15, 0.2) is 94.9 Å². The zero-order valence-electron chi connectivity index (χ0n) is 50.6. The first kappa shape index (κ1) is 54.7. The molecular formula is C75H112N2O. The number of allylic oxidation sites excluding steroid dienone is 11. The van der Waals surface area contributed by atoms with Crippen LogP contribution in [0.25, 0.3) is 0 Å². The van der Waals surface area contributed by atoms with Gasteiger partial charge in [-0.1, -0.05) is 146 Å². The lowest BCUT2D eigenvalue weighted by Gasteiger charge is -2.54. The standard InChI is InChI=1S/C75H112N2O/c1-7-52-23-41-63(42-24-52)78-64-43-34-59(35-44-64)75(58-15-9-8-10-16-58)69-19-13-11-17-65(69)66-45-40-62(49-70(66)75)76(60-36-27-54(28-37-60)53-25-32-57(33-26-53)74(4,5)6)61-38-29-55(30-39-61)56-31-46-72-68(48-56)67-18-12-14-20-71(67)77(72)73-47-50(2)21-22-51(73)3/h7,13,19,23,25,34-35,38,43,50-51,54-58,60,62-67,69-71,73H,1,8-12,14-18,20-22,24,26-33,36-37,39-42,44-49H2,2-6H3. The van der Waals surface area contributed by atoms with E-state index in [0.29, 0.717) is 29.5 Å². The molecule has 1 heterocycles. The van der Waals surface area contributed by atoms with Crippen LogP contribution < -0.4 is 0 Å². The highest BCUT2D eigenvalue weighted by molar-refractivity contribution is 5.40. The third kappa shape index (κ3) is 10.4. The fraction of sp³-hybridized carbons (Fsp3) is 0.787. The second-order valence-corrected chi connectivity index (χ2v) is 31.1. The predicted molar refractivity (Wildman–Crippen MR) is 327 cm³/mol. The van der Waals surface area contributed by atoms with Gasteiger partial charge in [-0.2, -0.15) is 0 Å². The zero-order chi connectivity index (χ0) is 53.1. The molecule has 12 aliphatic carbocycles. The summed E-state index contributed by atoms with van der Waals surface area (Å²) in [5.74, 6) is 10.1. The van der Waals surface area contributed by atoms with Crippen LogP contribution in [0, 0.1) is 81.8 Å². The van der Waals surface area contributed by atoms with Crippen molar-refractivity contribution >= 4 is 0 Å². The van der Waals surface area contributed by atoms with E-state index in [1.165, 1.54) is 198 Å². The number of rotatable bonds is 11. The lowest BCUT2D eigenvalue weighted by atomic mass is 9.52. The highest BCUT2D eigenvalue weighted by atomic mass is 16.5. The minimum absolute atomic E-state index is 0.213. The van der Waals surface area contributed by atoms with Crippen molar-refractivity contribution < 1.29 is 4.74 Å². The Morgan fingerprint density at radius 2 is 1.49 bits per heavy atom. The quantitative estimate of drug-likeness (QED) is 0.192. The molecule has 0 aromatic rings. The van der Waals surface area contributed by atoms with E-state index in [2.05, 4.69) is 106 Å². The van der Waals surface area contributed by atoms with E-state index in [0.717, 1.165) is 103 Å². The van der Waals surface area contributed by atoms with Crippen LogP contribution in [-0.4, -0.2) is 46.2 Å². The van der Waals surface area contributed by atoms with Crippen LogP contribution in [0.4, 0.5) is 0 Å². The second kappa shape index (κ2) is 23.3. The van der Waals surface area contributed by atoms with E-state index in [-0.39, 0.29) is 11.5 Å². The number of nitrogens with zero attached hydrogens (tertiary/aromatic N) is 2. The zero-order valence-corrected chi connectivity index (χ0v) is 50.6. The molecule has 1 aliphatic heterocycles. The van der Waals surface area contributed by atoms with Crippen molar-refractivity contribution in [1.29, 1.82) is 0 Å². The van der Waals surface area contributed by atoms with Gasteiger partial charge in [0, 0.05) is 46.9 Å². The van der Waals surface area contributed by atoms with Crippen molar-refractivity contribution in [3.05, 3.63) is 94.9 Å². The molecule has 6 fully saturated rings. The fourth-order valence-electron chi connectivity index (χ4n) is 22.2. The van der Waals surface area contributed by atoms with Gasteiger partial charge in [0.1, 0.15) is 0 Å². The molecule has 13 rings (SSSR count). The number of hydrogen-bond acceptors (Lipinski definition) is 3. The first-order valence-corrected chi connectivity index (χ1v) is 34.7.